The lowest BCUT2D eigenvalue weighted by molar-refractivity contribution is -0.185. The zero-order valence-corrected chi connectivity index (χ0v) is 15.8. The van der Waals surface area contributed by atoms with Crippen molar-refractivity contribution in [1.82, 2.24) is 4.90 Å². The van der Waals surface area contributed by atoms with Crippen LogP contribution in [0.4, 0.5) is 18.9 Å². The maximum absolute atomic E-state index is 12.7. The molecule has 2 aromatic rings. The molecule has 2 aromatic carbocycles. The van der Waals surface area contributed by atoms with E-state index in [1.807, 2.05) is 37.3 Å². The van der Waals surface area contributed by atoms with Gasteiger partial charge in [0.1, 0.15) is 0 Å². The molecule has 0 aliphatic carbocycles. The molecule has 0 radical (unpaired) electrons. The molecule has 0 aliphatic heterocycles. The van der Waals surface area contributed by atoms with Crippen LogP contribution in [0.25, 0.3) is 0 Å². The predicted molar refractivity (Wildman–Crippen MR) is 102 cm³/mol. The number of rotatable bonds is 7. The van der Waals surface area contributed by atoms with Crippen molar-refractivity contribution in [3.8, 4) is 0 Å². The van der Waals surface area contributed by atoms with Crippen molar-refractivity contribution in [3.05, 3.63) is 65.7 Å². The maximum atomic E-state index is 12.7. The first-order valence-corrected chi connectivity index (χ1v) is 9.07. The molecule has 1 atom stereocenters. The summed E-state index contributed by atoms with van der Waals surface area (Å²) in [6.45, 7) is 3.14. The minimum absolute atomic E-state index is 0.0686. The number of amides is 2. The third-order valence-corrected chi connectivity index (χ3v) is 4.41. The second-order valence-electron chi connectivity index (χ2n) is 6.38. The van der Waals surface area contributed by atoms with Crippen molar-refractivity contribution in [1.29, 1.82) is 0 Å². The van der Waals surface area contributed by atoms with E-state index in [1.165, 1.54) is 6.92 Å². The van der Waals surface area contributed by atoms with Gasteiger partial charge in [0, 0.05) is 18.8 Å². The minimum atomic E-state index is -4.91. The zero-order valence-electron chi connectivity index (χ0n) is 15.8. The number of halogens is 3. The number of carbonyl (C=O) groups is 2. The summed E-state index contributed by atoms with van der Waals surface area (Å²) < 4.78 is 38.0. The Balaban J connectivity index is 2.12. The molecule has 0 unspecified atom stereocenters. The molecule has 0 bridgehead atoms. The van der Waals surface area contributed by atoms with Crippen molar-refractivity contribution >= 4 is 17.5 Å². The van der Waals surface area contributed by atoms with Gasteiger partial charge in [-0.3, -0.25) is 9.59 Å². The SMILES string of the molecule is CC[C@H](C(=O)Nc1cccc(CN(CC)C(=O)C(F)(F)F)c1)c1ccccc1. The maximum Gasteiger partial charge on any atom is 0.471 e. The van der Waals surface area contributed by atoms with E-state index in [-0.39, 0.29) is 24.9 Å². The number of benzene rings is 2. The molecule has 1 N–H and O–H groups in total. The molecular weight excluding hydrogens is 369 g/mol. The Kier molecular flexibility index (Phi) is 7.20. The first-order valence-electron chi connectivity index (χ1n) is 9.07. The highest BCUT2D eigenvalue weighted by molar-refractivity contribution is 5.95. The van der Waals surface area contributed by atoms with Crippen LogP contribution in [0, 0.1) is 0 Å². The topological polar surface area (TPSA) is 49.4 Å². The third-order valence-electron chi connectivity index (χ3n) is 4.41. The van der Waals surface area contributed by atoms with Crippen LogP contribution in [-0.2, 0) is 16.1 Å². The highest BCUT2D eigenvalue weighted by Crippen LogP contribution is 2.23. The van der Waals surface area contributed by atoms with E-state index >= 15 is 0 Å². The molecule has 150 valence electrons. The van der Waals surface area contributed by atoms with Gasteiger partial charge in [-0.05, 0) is 36.6 Å². The molecular formula is C21H23F3N2O2. The molecule has 4 nitrogen and oxygen atoms in total. The number of hydrogen-bond donors (Lipinski definition) is 1. The second kappa shape index (κ2) is 9.39. The summed E-state index contributed by atoms with van der Waals surface area (Å²) in [6, 6.07) is 15.9. The molecule has 28 heavy (non-hydrogen) atoms. The van der Waals surface area contributed by atoms with Crippen molar-refractivity contribution in [2.75, 3.05) is 11.9 Å². The number of alkyl halides is 3. The van der Waals surface area contributed by atoms with Crippen molar-refractivity contribution in [3.63, 3.8) is 0 Å². The van der Waals surface area contributed by atoms with E-state index in [9.17, 15) is 22.8 Å². The van der Waals surface area contributed by atoms with Crippen LogP contribution in [0.15, 0.2) is 54.6 Å². The van der Waals surface area contributed by atoms with E-state index in [0.29, 0.717) is 17.7 Å². The fourth-order valence-corrected chi connectivity index (χ4v) is 2.96. The molecule has 2 rings (SSSR count). The van der Waals surface area contributed by atoms with Crippen LogP contribution >= 0.6 is 0 Å². The van der Waals surface area contributed by atoms with Crippen LogP contribution in [0.1, 0.15) is 37.3 Å². The van der Waals surface area contributed by atoms with Crippen LogP contribution in [0.2, 0.25) is 0 Å². The Labute approximate surface area is 162 Å². The second-order valence-corrected chi connectivity index (χ2v) is 6.38. The van der Waals surface area contributed by atoms with Gasteiger partial charge in [-0.2, -0.15) is 13.2 Å². The fraction of sp³-hybridized carbons (Fsp3) is 0.333. The highest BCUT2D eigenvalue weighted by atomic mass is 19.4. The Morgan fingerprint density at radius 3 is 2.29 bits per heavy atom. The van der Waals surface area contributed by atoms with E-state index in [4.69, 9.17) is 0 Å². The highest BCUT2D eigenvalue weighted by Gasteiger charge is 2.41. The van der Waals surface area contributed by atoms with E-state index in [1.54, 1.807) is 24.3 Å². The van der Waals surface area contributed by atoms with Crippen molar-refractivity contribution in [2.24, 2.45) is 0 Å². The molecule has 7 heteroatoms. The average molecular weight is 392 g/mol. The van der Waals surface area contributed by atoms with Gasteiger partial charge in [0.25, 0.3) is 0 Å². The quantitative estimate of drug-likeness (QED) is 0.741. The lowest BCUT2D eigenvalue weighted by atomic mass is 9.95. The van der Waals surface area contributed by atoms with Crippen LogP contribution in [0.3, 0.4) is 0 Å². The molecule has 0 saturated carbocycles. The Hall–Kier alpha value is -2.83. The normalized spacial score (nSPS) is 12.3. The summed E-state index contributed by atoms with van der Waals surface area (Å²) in [5, 5.41) is 2.82. The van der Waals surface area contributed by atoms with Gasteiger partial charge in [-0.25, -0.2) is 0 Å². The molecule has 0 spiro atoms. The summed E-state index contributed by atoms with van der Waals surface area (Å²) in [5.74, 6) is -2.40. The van der Waals surface area contributed by atoms with Crippen LogP contribution < -0.4 is 5.32 Å². The summed E-state index contributed by atoms with van der Waals surface area (Å²) in [4.78, 5) is 24.9. The van der Waals surface area contributed by atoms with Gasteiger partial charge in [-0.15, -0.1) is 0 Å². The van der Waals surface area contributed by atoms with Gasteiger partial charge in [0.15, 0.2) is 0 Å². The molecule has 0 aliphatic rings. The number of hydrogen-bond acceptors (Lipinski definition) is 2. The van der Waals surface area contributed by atoms with Gasteiger partial charge in [-0.1, -0.05) is 49.4 Å². The lowest BCUT2D eigenvalue weighted by Crippen LogP contribution is -2.40. The van der Waals surface area contributed by atoms with E-state index in [0.717, 1.165) is 10.5 Å². The number of anilines is 1. The monoisotopic (exact) mass is 392 g/mol. The standard InChI is InChI=1S/C21H23F3N2O2/c1-3-18(16-10-6-5-7-11-16)19(27)25-17-12-8-9-15(13-17)14-26(4-2)20(28)21(22,23)24/h5-13,18H,3-4,14H2,1-2H3,(H,25,27)/t18-/m0/s1. The predicted octanol–water partition coefficient (Wildman–Crippen LogP) is 4.73. The minimum Gasteiger partial charge on any atom is -0.331 e. The number of carbonyl (C=O) groups excluding carboxylic acids is 2. The van der Waals surface area contributed by atoms with Gasteiger partial charge in [0.05, 0.1) is 5.92 Å². The van der Waals surface area contributed by atoms with Crippen molar-refractivity contribution < 1.29 is 22.8 Å². The Bertz CT molecular complexity index is 807. The largest absolute Gasteiger partial charge is 0.471 e. The summed E-state index contributed by atoms with van der Waals surface area (Å²) in [6.07, 6.45) is -4.30. The van der Waals surface area contributed by atoms with Crippen LogP contribution in [-0.4, -0.2) is 29.4 Å². The zero-order chi connectivity index (χ0) is 20.7. The first-order chi connectivity index (χ1) is 13.3. The summed E-state index contributed by atoms with van der Waals surface area (Å²) >= 11 is 0. The van der Waals surface area contributed by atoms with Gasteiger partial charge in [0.2, 0.25) is 5.91 Å². The molecule has 2 amide bonds. The summed E-state index contributed by atoms with van der Waals surface area (Å²) in [5.41, 5.74) is 1.88. The van der Waals surface area contributed by atoms with Crippen molar-refractivity contribution in [2.45, 2.75) is 38.9 Å². The van der Waals surface area contributed by atoms with E-state index < -0.39 is 12.1 Å². The van der Waals surface area contributed by atoms with Crippen LogP contribution in [0.5, 0.6) is 0 Å². The molecule has 0 fully saturated rings. The van der Waals surface area contributed by atoms with Gasteiger partial charge < -0.3 is 10.2 Å². The fourth-order valence-electron chi connectivity index (χ4n) is 2.96. The molecule has 0 heterocycles. The van der Waals surface area contributed by atoms with E-state index in [2.05, 4.69) is 5.32 Å². The Morgan fingerprint density at radius 1 is 1.04 bits per heavy atom. The Morgan fingerprint density at radius 2 is 1.71 bits per heavy atom. The smallest absolute Gasteiger partial charge is 0.331 e. The first kappa shape index (κ1) is 21.5. The lowest BCUT2D eigenvalue weighted by Gasteiger charge is -2.22. The molecule has 0 saturated heterocycles. The summed E-state index contributed by atoms with van der Waals surface area (Å²) in [7, 11) is 0. The number of nitrogens with zero attached hydrogens (tertiary/aromatic N) is 1. The molecule has 0 aromatic heterocycles. The average Bonchev–Trinajstić information content (AvgIpc) is 2.66. The number of nitrogens with one attached hydrogen (secondary N) is 1. The van der Waals surface area contributed by atoms with Gasteiger partial charge >= 0.3 is 12.1 Å². The third kappa shape index (κ3) is 5.58.